The van der Waals surface area contributed by atoms with E-state index >= 15 is 0 Å². The van der Waals surface area contributed by atoms with Crippen molar-refractivity contribution in [3.63, 3.8) is 0 Å². The molecular formula is C18H14N6OS. The lowest BCUT2D eigenvalue weighted by atomic mass is 10.2. The van der Waals surface area contributed by atoms with Crippen molar-refractivity contribution in [3.8, 4) is 0 Å². The molecule has 0 aliphatic rings. The van der Waals surface area contributed by atoms with Gasteiger partial charge in [-0.1, -0.05) is 0 Å². The number of amides is 2. The van der Waals surface area contributed by atoms with Crippen molar-refractivity contribution in [1.82, 2.24) is 15.2 Å². The molecule has 1 aromatic carbocycles. The molecule has 4 rings (SSSR count). The highest BCUT2D eigenvalue weighted by molar-refractivity contribution is 7.13. The van der Waals surface area contributed by atoms with Crippen LogP contribution in [0.1, 0.15) is 5.69 Å². The molecule has 0 radical (unpaired) electrons. The van der Waals surface area contributed by atoms with Crippen molar-refractivity contribution < 1.29 is 4.79 Å². The first-order chi connectivity index (χ1) is 12.8. The fourth-order valence-corrected chi connectivity index (χ4v) is 2.98. The number of anilines is 2. The molecule has 3 heterocycles. The number of aliphatic imine (C=N–C) groups is 1. The molecule has 4 aromatic rings. The second-order valence-corrected chi connectivity index (χ2v) is 6.33. The zero-order valence-electron chi connectivity index (χ0n) is 13.5. The van der Waals surface area contributed by atoms with E-state index in [0.717, 1.165) is 21.6 Å². The van der Waals surface area contributed by atoms with Gasteiger partial charge in [0, 0.05) is 17.3 Å². The largest absolute Gasteiger partial charge is 0.323 e. The molecular weight excluding hydrogens is 348 g/mol. The summed E-state index contributed by atoms with van der Waals surface area (Å²) in [7, 11) is 0. The Labute approximate surface area is 152 Å². The Balaban J connectivity index is 1.49. The molecule has 7 nitrogen and oxygen atoms in total. The van der Waals surface area contributed by atoms with E-state index in [1.165, 1.54) is 0 Å². The molecule has 0 aliphatic carbocycles. The lowest BCUT2D eigenvalue weighted by Gasteiger charge is -2.07. The standard InChI is InChI=1S/C18H14N6OS/c25-18(22-13-3-1-7-19-10-13)21-12-5-6-14-15(9-12)23-24-16(14)11-20-17-4-2-8-26-17/h1-11H,(H,23,24)(H2,21,22,25)/b20-11+. The van der Waals surface area contributed by atoms with Crippen LogP contribution in [0.25, 0.3) is 10.9 Å². The van der Waals surface area contributed by atoms with Crippen LogP contribution >= 0.6 is 11.3 Å². The number of hydrogen-bond donors (Lipinski definition) is 3. The quantitative estimate of drug-likeness (QED) is 0.469. The number of aromatic nitrogens is 3. The summed E-state index contributed by atoms with van der Waals surface area (Å²) < 4.78 is 0. The van der Waals surface area contributed by atoms with Crippen LogP contribution in [0.5, 0.6) is 0 Å². The Hall–Kier alpha value is -3.52. The first kappa shape index (κ1) is 16.0. The van der Waals surface area contributed by atoms with Crippen LogP contribution in [0.3, 0.4) is 0 Å². The summed E-state index contributed by atoms with van der Waals surface area (Å²) in [5.74, 6) is 0. The summed E-state index contributed by atoms with van der Waals surface area (Å²) in [5.41, 5.74) is 2.83. The van der Waals surface area contributed by atoms with Crippen LogP contribution < -0.4 is 10.6 Å². The number of nitrogens with one attached hydrogen (secondary N) is 3. The molecule has 0 fully saturated rings. The molecule has 0 unspecified atom stereocenters. The molecule has 128 valence electrons. The minimum Gasteiger partial charge on any atom is -0.308 e. The number of fused-ring (bicyclic) bond motifs is 1. The average molecular weight is 362 g/mol. The van der Waals surface area contributed by atoms with Crippen LogP contribution in [-0.4, -0.2) is 27.4 Å². The molecule has 3 aromatic heterocycles. The van der Waals surface area contributed by atoms with Gasteiger partial charge in [-0.15, -0.1) is 11.3 Å². The highest BCUT2D eigenvalue weighted by atomic mass is 32.1. The number of thiophene rings is 1. The fraction of sp³-hybridized carbons (Fsp3) is 0. The van der Waals surface area contributed by atoms with Crippen LogP contribution in [0, 0.1) is 0 Å². The van der Waals surface area contributed by atoms with E-state index in [-0.39, 0.29) is 6.03 Å². The maximum atomic E-state index is 12.1. The number of hydrogen-bond acceptors (Lipinski definition) is 5. The number of pyridine rings is 1. The van der Waals surface area contributed by atoms with Gasteiger partial charge in [0.25, 0.3) is 0 Å². The predicted octanol–water partition coefficient (Wildman–Crippen LogP) is 4.41. The van der Waals surface area contributed by atoms with E-state index in [1.807, 2.05) is 29.6 Å². The summed E-state index contributed by atoms with van der Waals surface area (Å²) in [6.45, 7) is 0. The van der Waals surface area contributed by atoms with Gasteiger partial charge in [0.1, 0.15) is 5.00 Å². The lowest BCUT2D eigenvalue weighted by molar-refractivity contribution is 0.262. The van der Waals surface area contributed by atoms with E-state index < -0.39 is 0 Å². The number of aromatic amines is 1. The smallest absolute Gasteiger partial charge is 0.308 e. The van der Waals surface area contributed by atoms with Gasteiger partial charge < -0.3 is 10.6 Å². The number of carbonyl (C=O) groups excluding carboxylic acids is 1. The van der Waals surface area contributed by atoms with Crippen molar-refractivity contribution in [2.45, 2.75) is 0 Å². The number of carbonyl (C=O) groups is 1. The Bertz CT molecular complexity index is 1060. The predicted molar refractivity (Wildman–Crippen MR) is 105 cm³/mol. The lowest BCUT2D eigenvalue weighted by Crippen LogP contribution is -2.19. The van der Waals surface area contributed by atoms with Gasteiger partial charge in [-0.25, -0.2) is 9.79 Å². The zero-order chi connectivity index (χ0) is 17.8. The summed E-state index contributed by atoms with van der Waals surface area (Å²) in [4.78, 5) is 20.4. The average Bonchev–Trinajstić information content (AvgIpc) is 3.30. The molecule has 0 saturated carbocycles. The minimum atomic E-state index is -0.340. The van der Waals surface area contributed by atoms with E-state index in [9.17, 15) is 4.79 Å². The molecule has 26 heavy (non-hydrogen) atoms. The maximum absolute atomic E-state index is 12.1. The Morgan fingerprint density at radius 2 is 2.08 bits per heavy atom. The first-order valence-corrected chi connectivity index (χ1v) is 8.70. The molecule has 0 aliphatic heterocycles. The van der Waals surface area contributed by atoms with Crippen molar-refractivity contribution >= 4 is 50.9 Å². The Morgan fingerprint density at radius 3 is 2.88 bits per heavy atom. The third kappa shape index (κ3) is 3.60. The fourth-order valence-electron chi connectivity index (χ4n) is 2.41. The van der Waals surface area contributed by atoms with Gasteiger partial charge >= 0.3 is 6.03 Å². The number of urea groups is 1. The molecule has 0 atom stereocenters. The highest BCUT2D eigenvalue weighted by Crippen LogP contribution is 2.22. The van der Waals surface area contributed by atoms with Crippen molar-refractivity contribution in [3.05, 3.63) is 65.9 Å². The summed E-state index contributed by atoms with van der Waals surface area (Å²) >= 11 is 1.57. The number of H-pyrrole nitrogens is 1. The van der Waals surface area contributed by atoms with Gasteiger partial charge in [-0.05, 0) is 47.8 Å². The number of rotatable bonds is 4. The van der Waals surface area contributed by atoms with E-state index in [4.69, 9.17) is 0 Å². The number of nitrogens with zero attached hydrogens (tertiary/aromatic N) is 3. The van der Waals surface area contributed by atoms with Gasteiger partial charge in [0.2, 0.25) is 0 Å². The van der Waals surface area contributed by atoms with Crippen molar-refractivity contribution in [2.24, 2.45) is 4.99 Å². The van der Waals surface area contributed by atoms with Crippen LogP contribution in [-0.2, 0) is 0 Å². The van der Waals surface area contributed by atoms with Gasteiger partial charge in [0.05, 0.1) is 29.3 Å². The Morgan fingerprint density at radius 1 is 1.15 bits per heavy atom. The normalized spacial score (nSPS) is 11.1. The van der Waals surface area contributed by atoms with Gasteiger partial charge in [0.15, 0.2) is 0 Å². The number of benzene rings is 1. The Kier molecular flexibility index (Phi) is 4.40. The van der Waals surface area contributed by atoms with Crippen LogP contribution in [0.2, 0.25) is 0 Å². The van der Waals surface area contributed by atoms with Crippen LogP contribution in [0.15, 0.2) is 65.2 Å². The molecule has 8 heteroatoms. The van der Waals surface area contributed by atoms with E-state index in [0.29, 0.717) is 11.4 Å². The topological polar surface area (TPSA) is 95.1 Å². The second-order valence-electron chi connectivity index (χ2n) is 5.40. The third-order valence-electron chi connectivity index (χ3n) is 3.59. The van der Waals surface area contributed by atoms with Crippen molar-refractivity contribution in [1.29, 1.82) is 0 Å². The van der Waals surface area contributed by atoms with Crippen molar-refractivity contribution in [2.75, 3.05) is 10.6 Å². The molecule has 3 N–H and O–H groups in total. The molecule has 0 bridgehead atoms. The van der Waals surface area contributed by atoms with E-state index in [2.05, 4.69) is 30.8 Å². The van der Waals surface area contributed by atoms with Gasteiger partial charge in [-0.2, -0.15) is 5.10 Å². The highest BCUT2D eigenvalue weighted by Gasteiger charge is 2.07. The maximum Gasteiger partial charge on any atom is 0.323 e. The zero-order valence-corrected chi connectivity index (χ0v) is 14.3. The molecule has 2 amide bonds. The third-order valence-corrected chi connectivity index (χ3v) is 4.37. The molecule has 0 spiro atoms. The summed E-state index contributed by atoms with van der Waals surface area (Å²) in [6.07, 6.45) is 4.98. The van der Waals surface area contributed by atoms with Crippen LogP contribution in [0.4, 0.5) is 21.2 Å². The monoisotopic (exact) mass is 362 g/mol. The van der Waals surface area contributed by atoms with E-state index in [1.54, 1.807) is 48.1 Å². The minimum absolute atomic E-state index is 0.340. The van der Waals surface area contributed by atoms with Gasteiger partial charge in [-0.3, -0.25) is 10.1 Å². The summed E-state index contributed by atoms with van der Waals surface area (Å²) in [5, 5.41) is 16.6. The SMILES string of the molecule is O=C(Nc1cccnc1)Nc1ccc2c(/C=N/c3cccs3)[nH]nc2c1. The summed E-state index contributed by atoms with van der Waals surface area (Å²) in [6, 6.07) is 12.6. The molecule has 0 saturated heterocycles. The second kappa shape index (κ2) is 7.16. The first-order valence-electron chi connectivity index (χ1n) is 7.82.